The second-order valence-electron chi connectivity index (χ2n) is 13.8. The molecular weight excluding hydrogens is 775 g/mol. The standard InChI is InChI=1S/C14H15NO2.C13H14N2.2C12H12N2O/c1-16-12-5-3-4-10(8-12)11-6-7-13(15)14(9-11)17-2;14-12-5-1-10(2-6-12)9-11-3-7-13(15)8-4-11;13-9-1-5-11(6-2-9)15-12-7-3-10(14)4-8-12;13-9-4-6-11(7-5-9)15-12-3-1-2-10(14)8-12/h3-9H,15H2,1-2H3;1-8H,9,14-15H2;2*1-8H,13-14H2. The zero-order valence-electron chi connectivity index (χ0n) is 34.8. The van der Waals surface area contributed by atoms with Gasteiger partial charge in [-0.3, -0.25) is 0 Å². The van der Waals surface area contributed by atoms with E-state index in [1.807, 2.05) is 146 Å². The molecule has 0 aliphatic heterocycles. The van der Waals surface area contributed by atoms with Crippen molar-refractivity contribution in [3.63, 3.8) is 0 Å². The van der Waals surface area contributed by atoms with Crippen LogP contribution in [0.5, 0.6) is 34.5 Å². The van der Waals surface area contributed by atoms with Crippen molar-refractivity contribution in [2.45, 2.75) is 6.42 Å². The van der Waals surface area contributed by atoms with Crippen LogP contribution < -0.4 is 59.1 Å². The number of rotatable bonds is 9. The Morgan fingerprint density at radius 1 is 0.323 bits per heavy atom. The first kappa shape index (κ1) is 44.7. The van der Waals surface area contributed by atoms with Crippen LogP contribution >= 0.6 is 0 Å². The molecule has 0 spiro atoms. The third-order valence-corrected chi connectivity index (χ3v) is 8.97. The van der Waals surface area contributed by atoms with Crippen LogP contribution in [-0.4, -0.2) is 14.2 Å². The van der Waals surface area contributed by atoms with Crippen LogP contribution in [0, 0.1) is 0 Å². The molecule has 0 aliphatic rings. The van der Waals surface area contributed by atoms with Crippen LogP contribution in [0.15, 0.2) is 188 Å². The molecule has 0 bridgehead atoms. The Labute approximate surface area is 363 Å². The Kier molecular flexibility index (Phi) is 16.3. The van der Waals surface area contributed by atoms with E-state index in [2.05, 4.69) is 0 Å². The van der Waals surface area contributed by atoms with E-state index in [1.54, 1.807) is 56.7 Å². The van der Waals surface area contributed by atoms with E-state index in [0.29, 0.717) is 17.1 Å². The normalized spacial score (nSPS) is 9.97. The Bertz CT molecular complexity index is 2390. The summed E-state index contributed by atoms with van der Waals surface area (Å²) < 4.78 is 21.6. The van der Waals surface area contributed by atoms with Gasteiger partial charge in [-0.15, -0.1) is 0 Å². The van der Waals surface area contributed by atoms with Crippen molar-refractivity contribution in [3.8, 4) is 45.6 Å². The van der Waals surface area contributed by atoms with E-state index in [1.165, 1.54) is 11.1 Å². The molecule has 8 rings (SSSR count). The average Bonchev–Trinajstić information content (AvgIpc) is 3.28. The molecule has 0 aliphatic carbocycles. The Balaban J connectivity index is 0.000000156. The zero-order valence-corrected chi connectivity index (χ0v) is 34.8. The number of anilines is 7. The molecule has 11 nitrogen and oxygen atoms in total. The van der Waals surface area contributed by atoms with Gasteiger partial charge >= 0.3 is 0 Å². The van der Waals surface area contributed by atoms with Crippen LogP contribution in [0.1, 0.15) is 11.1 Å². The summed E-state index contributed by atoms with van der Waals surface area (Å²) in [5.74, 6) is 4.50. The quantitative estimate of drug-likeness (QED) is 0.0679. The fraction of sp³-hybridized carbons (Fsp3) is 0.0588. The number of ether oxygens (including phenoxy) is 4. The lowest BCUT2D eigenvalue weighted by molar-refractivity contribution is 0.415. The molecule has 0 fully saturated rings. The highest BCUT2D eigenvalue weighted by atomic mass is 16.5. The summed E-state index contributed by atoms with van der Waals surface area (Å²) in [6, 6.07) is 58.5. The van der Waals surface area contributed by atoms with Gasteiger partial charge in [0.2, 0.25) is 0 Å². The van der Waals surface area contributed by atoms with E-state index in [9.17, 15) is 0 Å². The molecule has 0 amide bonds. The average molecular weight is 828 g/mol. The van der Waals surface area contributed by atoms with Crippen LogP contribution in [0.4, 0.5) is 39.8 Å². The first-order valence-electron chi connectivity index (χ1n) is 19.5. The van der Waals surface area contributed by atoms with E-state index in [4.69, 9.17) is 59.1 Å². The van der Waals surface area contributed by atoms with Gasteiger partial charge in [0.15, 0.2) is 0 Å². The predicted octanol–water partition coefficient (Wildman–Crippen LogP) is 10.7. The lowest BCUT2D eigenvalue weighted by atomic mass is 10.0. The molecule has 0 unspecified atom stereocenters. The summed E-state index contributed by atoms with van der Waals surface area (Å²) in [5, 5.41) is 0. The second kappa shape index (κ2) is 22.6. The van der Waals surface area contributed by atoms with Crippen LogP contribution in [0.2, 0.25) is 0 Å². The third-order valence-electron chi connectivity index (χ3n) is 8.97. The molecular formula is C51H53N7O4. The van der Waals surface area contributed by atoms with Crippen molar-refractivity contribution < 1.29 is 18.9 Å². The molecule has 316 valence electrons. The molecule has 14 N–H and O–H groups in total. The minimum Gasteiger partial charge on any atom is -0.497 e. The van der Waals surface area contributed by atoms with Crippen molar-refractivity contribution in [2.24, 2.45) is 0 Å². The molecule has 0 aromatic heterocycles. The van der Waals surface area contributed by atoms with Crippen molar-refractivity contribution in [1.29, 1.82) is 0 Å². The molecule has 8 aromatic rings. The van der Waals surface area contributed by atoms with E-state index < -0.39 is 0 Å². The molecule has 8 aromatic carbocycles. The van der Waals surface area contributed by atoms with Gasteiger partial charge in [-0.1, -0.05) is 48.5 Å². The maximum Gasteiger partial charge on any atom is 0.142 e. The first-order chi connectivity index (χ1) is 30.0. The van der Waals surface area contributed by atoms with Crippen LogP contribution in [0.25, 0.3) is 11.1 Å². The highest BCUT2D eigenvalue weighted by Gasteiger charge is 2.05. The Morgan fingerprint density at radius 3 is 1.16 bits per heavy atom. The molecule has 0 heterocycles. The fourth-order valence-electron chi connectivity index (χ4n) is 5.66. The maximum atomic E-state index is 5.78. The van der Waals surface area contributed by atoms with Gasteiger partial charge in [0, 0.05) is 40.2 Å². The van der Waals surface area contributed by atoms with Gasteiger partial charge in [0.25, 0.3) is 0 Å². The fourth-order valence-corrected chi connectivity index (χ4v) is 5.66. The SMILES string of the molecule is COc1cccc(-c2ccc(N)c(OC)c2)c1.Nc1ccc(Cc2ccc(N)cc2)cc1.Nc1ccc(Oc2ccc(N)cc2)cc1.Nc1ccc(Oc2cccc(N)c2)cc1. The highest BCUT2D eigenvalue weighted by molar-refractivity contribution is 5.71. The van der Waals surface area contributed by atoms with Gasteiger partial charge in [0.05, 0.1) is 19.9 Å². The number of nitrogens with two attached hydrogens (primary N) is 7. The summed E-state index contributed by atoms with van der Waals surface area (Å²) in [7, 11) is 3.27. The van der Waals surface area contributed by atoms with Crippen molar-refractivity contribution in [3.05, 3.63) is 199 Å². The number of hydrogen-bond acceptors (Lipinski definition) is 11. The Morgan fingerprint density at radius 2 is 0.726 bits per heavy atom. The summed E-state index contributed by atoms with van der Waals surface area (Å²) >= 11 is 0. The second-order valence-corrected chi connectivity index (χ2v) is 13.8. The van der Waals surface area contributed by atoms with Crippen molar-refractivity contribution in [2.75, 3.05) is 54.4 Å². The van der Waals surface area contributed by atoms with Crippen LogP contribution in [-0.2, 0) is 6.42 Å². The smallest absolute Gasteiger partial charge is 0.142 e. The zero-order chi connectivity index (χ0) is 44.3. The Hall–Kier alpha value is -8.44. The van der Waals surface area contributed by atoms with Gasteiger partial charge in [-0.25, -0.2) is 0 Å². The van der Waals surface area contributed by atoms with E-state index in [0.717, 1.165) is 74.7 Å². The lowest BCUT2D eigenvalue weighted by Gasteiger charge is -2.08. The number of nitrogen functional groups attached to an aromatic ring is 7. The topological polar surface area (TPSA) is 219 Å². The maximum absolute atomic E-state index is 5.78. The summed E-state index contributed by atoms with van der Waals surface area (Å²) in [5.41, 5.74) is 49.1. The minimum atomic E-state index is 0.638. The predicted molar refractivity (Wildman–Crippen MR) is 257 cm³/mol. The number of hydrogen-bond donors (Lipinski definition) is 7. The van der Waals surface area contributed by atoms with Gasteiger partial charge < -0.3 is 59.1 Å². The summed E-state index contributed by atoms with van der Waals surface area (Å²) in [4.78, 5) is 0. The highest BCUT2D eigenvalue weighted by Crippen LogP contribution is 2.30. The summed E-state index contributed by atoms with van der Waals surface area (Å²) in [6.07, 6.45) is 0.917. The number of methoxy groups -OCH3 is 2. The molecule has 0 saturated carbocycles. The van der Waals surface area contributed by atoms with Gasteiger partial charge in [-0.2, -0.15) is 0 Å². The van der Waals surface area contributed by atoms with Crippen molar-refractivity contribution >= 4 is 39.8 Å². The van der Waals surface area contributed by atoms with Crippen LogP contribution in [0.3, 0.4) is 0 Å². The monoisotopic (exact) mass is 827 g/mol. The van der Waals surface area contributed by atoms with Gasteiger partial charge in [-0.05, 0) is 162 Å². The summed E-state index contributed by atoms with van der Waals surface area (Å²) in [6.45, 7) is 0. The lowest BCUT2D eigenvalue weighted by Crippen LogP contribution is -1.92. The number of benzene rings is 8. The minimum absolute atomic E-state index is 0.638. The molecule has 62 heavy (non-hydrogen) atoms. The van der Waals surface area contributed by atoms with E-state index in [-0.39, 0.29) is 0 Å². The van der Waals surface area contributed by atoms with Gasteiger partial charge in [0.1, 0.15) is 34.5 Å². The molecule has 0 radical (unpaired) electrons. The molecule has 0 saturated heterocycles. The third kappa shape index (κ3) is 14.7. The van der Waals surface area contributed by atoms with Crippen molar-refractivity contribution in [1.82, 2.24) is 0 Å². The van der Waals surface area contributed by atoms with E-state index >= 15 is 0 Å². The first-order valence-corrected chi connectivity index (χ1v) is 19.5. The molecule has 11 heteroatoms. The molecule has 0 atom stereocenters. The largest absolute Gasteiger partial charge is 0.497 e.